The summed E-state index contributed by atoms with van der Waals surface area (Å²) in [5.74, 6) is 1.51. The van der Waals surface area contributed by atoms with Gasteiger partial charge >= 0.3 is 0 Å². The first-order chi connectivity index (χ1) is 13.8. The lowest BCUT2D eigenvalue weighted by Gasteiger charge is -2.04. The van der Waals surface area contributed by atoms with Crippen molar-refractivity contribution in [2.24, 2.45) is 7.05 Å². The van der Waals surface area contributed by atoms with Crippen LogP contribution in [0.4, 0.5) is 0 Å². The predicted molar refractivity (Wildman–Crippen MR) is 124 cm³/mol. The van der Waals surface area contributed by atoms with E-state index in [-0.39, 0.29) is 0 Å². The van der Waals surface area contributed by atoms with Crippen molar-refractivity contribution in [3.8, 4) is 0 Å². The van der Waals surface area contributed by atoms with Crippen LogP contribution in [0.25, 0.3) is 0 Å². The summed E-state index contributed by atoms with van der Waals surface area (Å²) in [5.41, 5.74) is 0. The number of hydrogen-bond donors (Lipinski definition) is 0. The van der Waals surface area contributed by atoms with Crippen molar-refractivity contribution in [1.29, 1.82) is 0 Å². The fourth-order valence-electron chi connectivity index (χ4n) is 4.27. The molecule has 164 valence electrons. The van der Waals surface area contributed by atoms with Crippen LogP contribution in [0.2, 0.25) is 0 Å². The average molecular weight is 392 g/mol. The molecule has 0 N–H and O–H groups in total. The van der Waals surface area contributed by atoms with Crippen molar-refractivity contribution >= 4 is 0 Å². The number of aromatic nitrogens is 2. The minimum Gasteiger partial charge on any atom is -0.237 e. The molecule has 0 fully saturated rings. The molecule has 28 heavy (non-hydrogen) atoms. The SMILES string of the molecule is CCCCCCCCCCCCCCCCCn1cc[n+](C)c1CCCCC. The van der Waals surface area contributed by atoms with E-state index in [0.717, 1.165) is 0 Å². The van der Waals surface area contributed by atoms with Gasteiger partial charge in [-0.3, -0.25) is 0 Å². The van der Waals surface area contributed by atoms with Crippen molar-refractivity contribution < 1.29 is 4.57 Å². The van der Waals surface area contributed by atoms with Crippen LogP contribution < -0.4 is 4.57 Å². The van der Waals surface area contributed by atoms with Crippen LogP contribution in [0.5, 0.6) is 0 Å². The number of hydrogen-bond acceptors (Lipinski definition) is 0. The van der Waals surface area contributed by atoms with E-state index in [4.69, 9.17) is 0 Å². The molecule has 0 aromatic carbocycles. The van der Waals surface area contributed by atoms with E-state index in [2.05, 4.69) is 42.4 Å². The van der Waals surface area contributed by atoms with Crippen molar-refractivity contribution in [3.05, 3.63) is 18.2 Å². The predicted octanol–water partition coefficient (Wildman–Crippen LogP) is 7.92. The lowest BCUT2D eigenvalue weighted by molar-refractivity contribution is -0.678. The van der Waals surface area contributed by atoms with Crippen LogP contribution in [0.1, 0.15) is 135 Å². The van der Waals surface area contributed by atoms with Gasteiger partial charge in [-0.25, -0.2) is 9.13 Å². The summed E-state index contributed by atoms with van der Waals surface area (Å²) in [6, 6.07) is 0. The highest BCUT2D eigenvalue weighted by atomic mass is 15.1. The van der Waals surface area contributed by atoms with Crippen molar-refractivity contribution in [1.82, 2.24) is 4.57 Å². The Labute approximate surface area is 177 Å². The summed E-state index contributed by atoms with van der Waals surface area (Å²) < 4.78 is 4.82. The van der Waals surface area contributed by atoms with E-state index < -0.39 is 0 Å². The third kappa shape index (κ3) is 12.6. The molecule has 1 heterocycles. The Kier molecular flexibility index (Phi) is 16.5. The maximum absolute atomic E-state index is 2.50. The summed E-state index contributed by atoms with van der Waals surface area (Å²) in [6.45, 7) is 5.79. The lowest BCUT2D eigenvalue weighted by atomic mass is 10.0. The van der Waals surface area contributed by atoms with Gasteiger partial charge in [-0.15, -0.1) is 0 Å². The van der Waals surface area contributed by atoms with E-state index in [1.54, 1.807) is 0 Å². The second-order valence-electron chi connectivity index (χ2n) is 8.93. The summed E-state index contributed by atoms with van der Waals surface area (Å²) in [6.07, 6.45) is 31.3. The first-order valence-electron chi connectivity index (χ1n) is 12.8. The molecule has 2 nitrogen and oxygen atoms in total. The Morgan fingerprint density at radius 1 is 0.607 bits per heavy atom. The number of unbranched alkanes of at least 4 members (excludes halogenated alkanes) is 16. The van der Waals surface area contributed by atoms with Gasteiger partial charge in [-0.2, -0.15) is 0 Å². The summed E-state index contributed by atoms with van der Waals surface area (Å²) in [7, 11) is 2.20. The fraction of sp³-hybridized carbons (Fsp3) is 0.885. The van der Waals surface area contributed by atoms with E-state index in [1.165, 1.54) is 134 Å². The second kappa shape index (κ2) is 18.3. The number of rotatable bonds is 20. The maximum Gasteiger partial charge on any atom is 0.256 e. The molecular formula is C26H51N2+. The lowest BCUT2D eigenvalue weighted by Crippen LogP contribution is -2.32. The molecule has 0 aliphatic rings. The molecule has 0 radical (unpaired) electrons. The van der Waals surface area contributed by atoms with Crippen LogP contribution in [0, 0.1) is 0 Å². The Bertz CT molecular complexity index is 449. The molecule has 0 bridgehead atoms. The average Bonchev–Trinajstić information content (AvgIpc) is 3.05. The molecule has 0 atom stereocenters. The molecule has 0 spiro atoms. The van der Waals surface area contributed by atoms with Crippen molar-refractivity contribution in [2.75, 3.05) is 0 Å². The smallest absolute Gasteiger partial charge is 0.237 e. The van der Waals surface area contributed by atoms with E-state index in [9.17, 15) is 0 Å². The van der Waals surface area contributed by atoms with Crippen LogP contribution in [0.15, 0.2) is 12.4 Å². The van der Waals surface area contributed by atoms with Crippen LogP contribution >= 0.6 is 0 Å². The van der Waals surface area contributed by atoms with Gasteiger partial charge in [-0.05, 0) is 19.3 Å². The molecule has 0 saturated carbocycles. The van der Waals surface area contributed by atoms with Gasteiger partial charge in [0.05, 0.1) is 13.6 Å². The summed E-state index contributed by atoms with van der Waals surface area (Å²) in [4.78, 5) is 0. The Morgan fingerprint density at radius 2 is 1.04 bits per heavy atom. The van der Waals surface area contributed by atoms with Crippen LogP contribution in [-0.4, -0.2) is 4.57 Å². The van der Waals surface area contributed by atoms with E-state index in [1.807, 2.05) is 0 Å². The molecule has 0 amide bonds. The molecule has 2 heteroatoms. The van der Waals surface area contributed by atoms with Crippen molar-refractivity contribution in [3.63, 3.8) is 0 Å². The summed E-state index contributed by atoms with van der Waals surface area (Å²) in [5, 5.41) is 0. The molecule has 1 aromatic heterocycles. The third-order valence-corrected chi connectivity index (χ3v) is 6.22. The van der Waals surface area contributed by atoms with Gasteiger partial charge in [0, 0.05) is 6.42 Å². The molecule has 0 aliphatic carbocycles. The standard InChI is InChI=1S/C26H51N2/c1-4-6-8-9-10-11-12-13-14-15-16-17-18-19-21-23-28-25-24-27(3)26(28)22-20-7-5-2/h24-25H,4-23H2,1-3H3/q+1. The van der Waals surface area contributed by atoms with Gasteiger partial charge in [0.25, 0.3) is 5.82 Å². The number of aryl methyl sites for hydroxylation is 2. The Hall–Kier alpha value is -0.790. The highest BCUT2D eigenvalue weighted by Gasteiger charge is 2.13. The van der Waals surface area contributed by atoms with Gasteiger partial charge < -0.3 is 0 Å². The van der Waals surface area contributed by atoms with Gasteiger partial charge in [0.1, 0.15) is 12.4 Å². The van der Waals surface area contributed by atoms with E-state index >= 15 is 0 Å². The molecule has 1 aromatic rings. The molecular weight excluding hydrogens is 340 g/mol. The minimum absolute atomic E-state index is 1.21. The minimum atomic E-state index is 1.21. The first kappa shape index (κ1) is 25.2. The Morgan fingerprint density at radius 3 is 1.54 bits per heavy atom. The van der Waals surface area contributed by atoms with Crippen LogP contribution in [0.3, 0.4) is 0 Å². The highest BCUT2D eigenvalue weighted by Crippen LogP contribution is 2.14. The zero-order valence-electron chi connectivity index (χ0n) is 19.7. The topological polar surface area (TPSA) is 8.81 Å². The quantitative estimate of drug-likeness (QED) is 0.158. The molecule has 0 unspecified atom stereocenters. The van der Waals surface area contributed by atoms with Gasteiger partial charge in [0.2, 0.25) is 0 Å². The monoisotopic (exact) mass is 391 g/mol. The Balaban J connectivity index is 1.90. The van der Waals surface area contributed by atoms with Crippen molar-refractivity contribution in [2.45, 2.75) is 142 Å². The largest absolute Gasteiger partial charge is 0.256 e. The van der Waals surface area contributed by atoms with Gasteiger partial charge in [-0.1, -0.05) is 110 Å². The maximum atomic E-state index is 2.50. The normalized spacial score (nSPS) is 11.4. The number of nitrogens with zero attached hydrogens (tertiary/aromatic N) is 2. The summed E-state index contributed by atoms with van der Waals surface area (Å²) >= 11 is 0. The third-order valence-electron chi connectivity index (χ3n) is 6.22. The zero-order chi connectivity index (χ0) is 20.3. The number of imidazole rings is 1. The second-order valence-corrected chi connectivity index (χ2v) is 8.93. The van der Waals surface area contributed by atoms with Gasteiger partial charge in [0.15, 0.2) is 0 Å². The van der Waals surface area contributed by atoms with E-state index in [0.29, 0.717) is 0 Å². The fourth-order valence-corrected chi connectivity index (χ4v) is 4.27. The highest BCUT2D eigenvalue weighted by molar-refractivity contribution is 4.84. The molecule has 0 saturated heterocycles. The first-order valence-corrected chi connectivity index (χ1v) is 12.8. The van der Waals surface area contributed by atoms with Crippen LogP contribution in [-0.2, 0) is 20.0 Å². The zero-order valence-corrected chi connectivity index (χ0v) is 19.7. The molecule has 1 rings (SSSR count). The molecule has 0 aliphatic heterocycles.